The maximum Gasteiger partial charge on any atom is 0.343 e. The summed E-state index contributed by atoms with van der Waals surface area (Å²) < 4.78 is 56.9. The van der Waals surface area contributed by atoms with Gasteiger partial charge < -0.3 is 59.7 Å². The van der Waals surface area contributed by atoms with Crippen LogP contribution in [0.4, 0.5) is 20.2 Å². The third kappa shape index (κ3) is 8.48. The Morgan fingerprint density at radius 1 is 0.766 bits per heavy atom. The summed E-state index contributed by atoms with van der Waals surface area (Å²) in [5, 5.41) is 7.86. The van der Waals surface area contributed by atoms with Crippen LogP contribution in [0.1, 0.15) is 105 Å². The first kappa shape index (κ1) is 46.2. The number of hydrogen-bond acceptors (Lipinski definition) is 13. The van der Waals surface area contributed by atoms with Crippen molar-refractivity contribution in [2.75, 3.05) is 62.5 Å². The van der Waals surface area contributed by atoms with Crippen LogP contribution in [0, 0.1) is 24.1 Å². The van der Waals surface area contributed by atoms with Crippen LogP contribution in [0.15, 0.2) is 34.1 Å². The highest BCUT2D eigenvalue weighted by atomic mass is 19.1. The van der Waals surface area contributed by atoms with Crippen molar-refractivity contribution in [3.8, 4) is 11.5 Å². The summed E-state index contributed by atoms with van der Waals surface area (Å²) in [6, 6.07) is 2.81. The van der Waals surface area contributed by atoms with Crippen molar-refractivity contribution in [1.29, 1.82) is 0 Å². The molecule has 4 atom stereocenters. The van der Waals surface area contributed by atoms with Crippen LogP contribution in [0.3, 0.4) is 0 Å². The second-order valence-electron chi connectivity index (χ2n) is 16.9. The van der Waals surface area contributed by atoms with Crippen LogP contribution >= 0.6 is 0 Å². The highest BCUT2D eigenvalue weighted by Crippen LogP contribution is 2.49. The van der Waals surface area contributed by atoms with Gasteiger partial charge in [0.1, 0.15) is 22.5 Å². The van der Waals surface area contributed by atoms with Crippen molar-refractivity contribution >= 4 is 45.1 Å². The van der Waals surface area contributed by atoms with Gasteiger partial charge in [0.15, 0.2) is 23.1 Å². The molecule has 0 bridgehead atoms. The summed E-state index contributed by atoms with van der Waals surface area (Å²) in [4.78, 5) is 58.6. The van der Waals surface area contributed by atoms with Crippen molar-refractivity contribution < 1.29 is 42.4 Å². The summed E-state index contributed by atoms with van der Waals surface area (Å²) in [6.45, 7) is 15.5. The van der Waals surface area contributed by atoms with E-state index in [0.29, 0.717) is 85.5 Å². The van der Waals surface area contributed by atoms with Gasteiger partial charge in [-0.3, -0.25) is 9.59 Å². The SMILES string of the molecule is CCO.CCOC(=O)c1cn(C2CC2)c2c3c(c(F)cc2c1=O)N1C[C@@H](CN)C[C@@H]1CCO3.N.[C-]#[N+][C@H]1C[C@@H]2CCOc3c(c(F)cc4c(=O)c(C(=O)OCC)cn(C5CC5)c34)N2C1. The van der Waals surface area contributed by atoms with E-state index in [9.17, 15) is 19.2 Å². The molecule has 10 rings (SSSR count). The number of nitrogens with two attached hydrogens (primary N) is 1. The zero-order valence-corrected chi connectivity index (χ0v) is 36.6. The number of ether oxygens (including phenoxy) is 4. The summed E-state index contributed by atoms with van der Waals surface area (Å²) in [6.07, 6.45) is 9.87. The molecule has 4 aromatic rings. The van der Waals surface area contributed by atoms with Gasteiger partial charge in [-0.2, -0.15) is 0 Å². The number of aliphatic hydroxyl groups is 1. The molecule has 0 unspecified atom stereocenters. The van der Waals surface area contributed by atoms with Gasteiger partial charge in [-0.25, -0.2) is 24.9 Å². The molecule has 2 saturated heterocycles. The van der Waals surface area contributed by atoms with Crippen LogP contribution in [0.2, 0.25) is 0 Å². The topological polar surface area (TPSA) is 207 Å². The standard InChI is InChI=1S/C22H22FN3O4.C22H26FN3O4.C2H6O.H3N/c1-3-29-22(28)16-11-26(13-4-5-13)18-15(20(16)27)9-17(23)19-21(18)30-7-6-14-8-12(24-2)10-25(14)19;1-2-29-22(28)16-11-26(13-3-4-13)18-15(20(16)27)8-17(23)19-21(18)30-6-5-14-7-12(9-24)10-25(14)19;1-2-3;/h9,11-14H,3-8,10H2,1H3;8,11-14H,2-7,9-10,24H2,1H3;3H,2H2,1H3;1H3/t12-,14-;12-,14+;;/m01../s1. The molecule has 2 aromatic carbocycles. The number of carbonyl (C=O) groups is 2. The van der Waals surface area contributed by atoms with Crippen molar-refractivity contribution in [2.45, 2.75) is 102 Å². The van der Waals surface area contributed by atoms with Gasteiger partial charge in [0.05, 0.1) is 54.8 Å². The number of pyridine rings is 2. The lowest BCUT2D eigenvalue weighted by atomic mass is 10.0. The Morgan fingerprint density at radius 2 is 1.20 bits per heavy atom. The Hall–Kier alpha value is -5.77. The summed E-state index contributed by atoms with van der Waals surface area (Å²) in [7, 11) is 0. The molecule has 4 aliphatic heterocycles. The fraction of sp³-hybridized carbons (Fsp3) is 0.543. The number of aromatic nitrogens is 2. The van der Waals surface area contributed by atoms with E-state index < -0.39 is 34.4 Å². The molecule has 2 aliphatic carbocycles. The highest BCUT2D eigenvalue weighted by molar-refractivity contribution is 5.99. The number of benzene rings is 2. The zero-order valence-electron chi connectivity index (χ0n) is 36.6. The molecule has 344 valence electrons. The first-order valence-electron chi connectivity index (χ1n) is 22.1. The summed E-state index contributed by atoms with van der Waals surface area (Å²) in [5.74, 6) is -1.37. The number of fused-ring (bicyclic) bond motifs is 10. The van der Waals surface area contributed by atoms with E-state index in [1.165, 1.54) is 18.3 Å². The molecule has 2 aromatic heterocycles. The fourth-order valence-corrected chi connectivity index (χ4v) is 9.54. The number of halogens is 2. The maximum absolute atomic E-state index is 15.4. The second kappa shape index (κ2) is 19.1. The summed E-state index contributed by atoms with van der Waals surface area (Å²) >= 11 is 0. The zero-order chi connectivity index (χ0) is 44.7. The van der Waals surface area contributed by atoms with Crippen LogP contribution in [-0.4, -0.2) is 97.0 Å². The molecule has 2 saturated carbocycles. The van der Waals surface area contributed by atoms with Crippen molar-refractivity contribution in [1.82, 2.24) is 15.3 Å². The average molecular weight is 890 g/mol. The minimum absolute atomic E-state index is 0. The number of aliphatic hydroxyl groups excluding tert-OH is 1. The lowest BCUT2D eigenvalue weighted by Gasteiger charge is -2.26. The van der Waals surface area contributed by atoms with Crippen molar-refractivity contribution in [2.24, 2.45) is 11.7 Å². The van der Waals surface area contributed by atoms with Gasteiger partial charge in [0.25, 0.3) is 0 Å². The van der Waals surface area contributed by atoms with E-state index in [2.05, 4.69) is 9.74 Å². The first-order chi connectivity index (χ1) is 30.5. The van der Waals surface area contributed by atoms with E-state index in [-0.39, 0.29) is 78.1 Å². The normalized spacial score (nSPS) is 21.7. The van der Waals surface area contributed by atoms with Crippen LogP contribution in [0.5, 0.6) is 11.5 Å². The smallest absolute Gasteiger partial charge is 0.343 e. The summed E-state index contributed by atoms with van der Waals surface area (Å²) in [5.41, 5.74) is 6.52. The lowest BCUT2D eigenvalue weighted by molar-refractivity contribution is 0.0514. The minimum atomic E-state index is -0.699. The number of rotatable bonds is 7. The van der Waals surface area contributed by atoms with Crippen LogP contribution < -0.4 is 42.0 Å². The van der Waals surface area contributed by atoms with Gasteiger partial charge in [0, 0.05) is 69.0 Å². The third-order valence-corrected chi connectivity index (χ3v) is 12.6. The monoisotopic (exact) mass is 889 g/mol. The molecule has 0 spiro atoms. The van der Waals surface area contributed by atoms with Gasteiger partial charge in [-0.05, 0) is 77.5 Å². The first-order valence-corrected chi connectivity index (χ1v) is 22.1. The number of esters is 2. The molecule has 4 fully saturated rings. The highest BCUT2D eigenvalue weighted by Gasteiger charge is 2.42. The van der Waals surface area contributed by atoms with Gasteiger partial charge >= 0.3 is 11.9 Å². The van der Waals surface area contributed by atoms with Gasteiger partial charge in [0.2, 0.25) is 16.9 Å². The van der Waals surface area contributed by atoms with E-state index in [1.54, 1.807) is 27.0 Å². The largest absolute Gasteiger partial charge is 0.489 e. The number of anilines is 2. The van der Waals surface area contributed by atoms with Crippen molar-refractivity contribution in [3.05, 3.63) is 79.2 Å². The Kier molecular flexibility index (Phi) is 13.8. The maximum atomic E-state index is 15.4. The minimum Gasteiger partial charge on any atom is -0.489 e. The fourth-order valence-electron chi connectivity index (χ4n) is 9.54. The molecule has 6 heterocycles. The second-order valence-corrected chi connectivity index (χ2v) is 16.9. The number of hydrogen-bond donors (Lipinski definition) is 3. The van der Waals surface area contributed by atoms with E-state index in [1.807, 2.05) is 14.0 Å². The van der Waals surface area contributed by atoms with Crippen LogP contribution in [-0.2, 0) is 9.47 Å². The quantitative estimate of drug-likeness (QED) is 0.143. The number of nitrogens with zero attached hydrogens (tertiary/aromatic N) is 5. The third-order valence-electron chi connectivity index (χ3n) is 12.6. The molecule has 6 N–H and O–H groups in total. The molecule has 18 heteroatoms. The molecular weight excluding hydrogens is 833 g/mol. The van der Waals surface area contributed by atoms with E-state index in [4.69, 9.17) is 36.4 Å². The Bertz CT molecular complexity index is 2600. The molecule has 0 amide bonds. The van der Waals surface area contributed by atoms with E-state index >= 15 is 8.78 Å². The average Bonchev–Trinajstić information content (AvgIpc) is 4.21. The molecule has 16 nitrogen and oxygen atoms in total. The van der Waals surface area contributed by atoms with E-state index in [0.717, 1.165) is 38.5 Å². The predicted octanol–water partition coefficient (Wildman–Crippen LogP) is 6.05. The molecule has 64 heavy (non-hydrogen) atoms. The Labute approximate surface area is 369 Å². The Balaban J connectivity index is 0.000000178. The Morgan fingerprint density at radius 3 is 1.61 bits per heavy atom. The van der Waals surface area contributed by atoms with Gasteiger partial charge in [-0.15, -0.1) is 0 Å². The predicted molar refractivity (Wildman–Crippen MR) is 237 cm³/mol. The number of carbonyl (C=O) groups excluding carboxylic acids is 2. The van der Waals surface area contributed by atoms with Gasteiger partial charge in [-0.1, -0.05) is 0 Å². The van der Waals surface area contributed by atoms with Crippen molar-refractivity contribution in [3.63, 3.8) is 0 Å². The molecule has 0 radical (unpaired) electrons. The lowest BCUT2D eigenvalue weighted by Crippen LogP contribution is -2.30. The molecular formula is C46H57F2N7O9. The molecule has 6 aliphatic rings. The van der Waals surface area contributed by atoms with Crippen LogP contribution in [0.25, 0.3) is 26.7 Å².